The number of hydrogen-bond acceptors (Lipinski definition) is 7. The van der Waals surface area contributed by atoms with E-state index in [0.29, 0.717) is 43.2 Å². The number of ketones is 1. The number of aromatic nitrogens is 3. The minimum Gasteiger partial charge on any atom is -0.444 e. The van der Waals surface area contributed by atoms with Crippen LogP contribution in [0.3, 0.4) is 0 Å². The van der Waals surface area contributed by atoms with E-state index in [1.807, 2.05) is 15.7 Å². The van der Waals surface area contributed by atoms with Crippen molar-refractivity contribution in [3.8, 4) is 0 Å². The Morgan fingerprint density at radius 2 is 1.95 bits per heavy atom. The van der Waals surface area contributed by atoms with Crippen molar-refractivity contribution in [2.24, 2.45) is 0 Å². The van der Waals surface area contributed by atoms with E-state index in [2.05, 4.69) is 47.5 Å². The number of rotatable bonds is 8. The number of halogens is 2. The van der Waals surface area contributed by atoms with Gasteiger partial charge in [0.2, 0.25) is 0 Å². The second-order valence-electron chi connectivity index (χ2n) is 12.6. The third kappa shape index (κ3) is 6.49. The number of alkyl halides is 1. The van der Waals surface area contributed by atoms with Crippen LogP contribution < -0.4 is 10.2 Å². The summed E-state index contributed by atoms with van der Waals surface area (Å²) in [5.74, 6) is 0.196. The van der Waals surface area contributed by atoms with Crippen LogP contribution in [0.4, 0.5) is 15.0 Å². The smallest absolute Gasteiger partial charge is 0.407 e. The quantitative estimate of drug-likeness (QED) is 0.173. The first-order chi connectivity index (χ1) is 17.6. The highest BCUT2D eigenvalue weighted by atomic mass is 127. The Morgan fingerprint density at radius 3 is 2.58 bits per heavy atom. The van der Waals surface area contributed by atoms with Crippen LogP contribution in [0.15, 0.2) is 6.20 Å². The average molecular weight is 660 g/mol. The van der Waals surface area contributed by atoms with E-state index in [1.54, 1.807) is 20.8 Å². The fourth-order valence-electron chi connectivity index (χ4n) is 5.17. The summed E-state index contributed by atoms with van der Waals surface area (Å²) in [5, 5.41) is 2.73. The Balaban J connectivity index is 1.61. The number of nitrogens with one attached hydrogen (secondary N) is 1. The fourth-order valence-corrected chi connectivity index (χ4v) is 6.62. The molecule has 4 rings (SSSR count). The third-order valence-corrected chi connectivity index (χ3v) is 9.45. The van der Waals surface area contributed by atoms with Gasteiger partial charge in [-0.2, -0.15) is 0 Å². The van der Waals surface area contributed by atoms with Crippen LogP contribution in [0.5, 0.6) is 0 Å². The summed E-state index contributed by atoms with van der Waals surface area (Å²) in [6, 6.07) is -0.204. The molecule has 0 unspecified atom stereocenters. The van der Waals surface area contributed by atoms with Crippen molar-refractivity contribution in [2.45, 2.75) is 109 Å². The minimum absolute atomic E-state index is 0.0766. The van der Waals surface area contributed by atoms with Crippen LogP contribution in [0.1, 0.15) is 57.4 Å². The van der Waals surface area contributed by atoms with Gasteiger partial charge in [0.1, 0.15) is 29.7 Å². The largest absolute Gasteiger partial charge is 0.444 e. The molecule has 1 N–H and O–H groups in total. The van der Waals surface area contributed by atoms with Crippen LogP contribution >= 0.6 is 22.6 Å². The zero-order valence-electron chi connectivity index (χ0n) is 23.3. The molecule has 1 amide bonds. The molecule has 4 atom stereocenters. The maximum Gasteiger partial charge on any atom is 0.407 e. The molecule has 0 radical (unpaired) electrons. The second-order valence-corrected chi connectivity index (χ2v) is 19.3. The van der Waals surface area contributed by atoms with Crippen molar-refractivity contribution < 1.29 is 23.5 Å². The fraction of sp³-hybridized carbons (Fsp3) is 0.692. The number of nitrogens with zero attached hydrogens (tertiary/aromatic N) is 4. The van der Waals surface area contributed by atoms with E-state index < -0.39 is 38.0 Å². The molecular weight excluding hydrogens is 620 g/mol. The molecule has 2 aromatic heterocycles. The van der Waals surface area contributed by atoms with Gasteiger partial charge in [-0.3, -0.25) is 4.79 Å². The first-order valence-corrected chi connectivity index (χ1v) is 18.0. The van der Waals surface area contributed by atoms with E-state index in [9.17, 15) is 9.59 Å². The van der Waals surface area contributed by atoms with Gasteiger partial charge in [-0.05, 0) is 68.7 Å². The molecule has 9 nitrogen and oxygen atoms in total. The topological polar surface area (TPSA) is 98.6 Å². The van der Waals surface area contributed by atoms with Gasteiger partial charge in [0.25, 0.3) is 0 Å². The van der Waals surface area contributed by atoms with E-state index in [1.165, 1.54) is 6.92 Å². The van der Waals surface area contributed by atoms with E-state index in [-0.39, 0.29) is 17.5 Å². The standard InChI is InChI=1S/C26H39FIN5O4Si/c1-15(34)21-24(31-23-22(30-21)17(28)13-32(23)14-36-10-11-38(5,6)7)33-16-8-9-19(33)20(27)18(12-16)29-25(35)37-26(2,3)4/h13,16,18-20H,8-12,14H2,1-7H3,(H,29,35)/t16-,18-,19+,20-/m0/s1. The summed E-state index contributed by atoms with van der Waals surface area (Å²) in [6.45, 7) is 14.7. The predicted molar refractivity (Wildman–Crippen MR) is 156 cm³/mol. The lowest BCUT2D eigenvalue weighted by Crippen LogP contribution is -2.59. The number of carbonyl (C=O) groups is 2. The van der Waals surface area contributed by atoms with Crippen molar-refractivity contribution in [2.75, 3.05) is 11.5 Å². The molecular formula is C26H39FIN5O4Si. The van der Waals surface area contributed by atoms with Gasteiger partial charge in [0.15, 0.2) is 17.2 Å². The number of Topliss-reactive ketones (excluding diaryl/α,β-unsaturated/α-hetero) is 1. The number of carbonyl (C=O) groups excluding carboxylic acids is 2. The number of fused-ring (bicyclic) bond motifs is 3. The van der Waals surface area contributed by atoms with Crippen LogP contribution in [0, 0.1) is 3.57 Å². The van der Waals surface area contributed by atoms with E-state index in [4.69, 9.17) is 19.4 Å². The van der Waals surface area contributed by atoms with Gasteiger partial charge in [-0.25, -0.2) is 19.2 Å². The van der Waals surface area contributed by atoms with Crippen molar-refractivity contribution in [3.05, 3.63) is 15.5 Å². The molecule has 2 fully saturated rings. The predicted octanol–water partition coefficient (Wildman–Crippen LogP) is 5.52. The molecule has 2 aromatic rings. The highest BCUT2D eigenvalue weighted by Crippen LogP contribution is 2.42. The number of piperidine rings is 1. The first-order valence-electron chi connectivity index (χ1n) is 13.2. The second kappa shape index (κ2) is 11.0. The Hall–Kier alpha value is -1.80. The summed E-state index contributed by atoms with van der Waals surface area (Å²) in [5.41, 5.74) is 0.836. The van der Waals surface area contributed by atoms with Crippen molar-refractivity contribution in [1.29, 1.82) is 0 Å². The van der Waals surface area contributed by atoms with Gasteiger partial charge < -0.3 is 24.3 Å². The molecule has 2 aliphatic rings. The van der Waals surface area contributed by atoms with Crippen LogP contribution in [0.25, 0.3) is 11.2 Å². The SMILES string of the molecule is CC(=O)c1nc2c(I)cn(COCC[Si](C)(C)C)c2nc1N1[C@H]2CC[C@@H]1[C@@H](F)[C@@H](NC(=O)OC(C)(C)C)C2. The Bertz CT molecular complexity index is 1210. The van der Waals surface area contributed by atoms with Gasteiger partial charge >= 0.3 is 6.09 Å². The van der Waals surface area contributed by atoms with Crippen LogP contribution in [0.2, 0.25) is 25.7 Å². The summed E-state index contributed by atoms with van der Waals surface area (Å²) in [7, 11) is -1.22. The van der Waals surface area contributed by atoms with Gasteiger partial charge in [0, 0.05) is 33.8 Å². The molecule has 210 valence electrons. The Labute approximate surface area is 238 Å². The van der Waals surface area contributed by atoms with E-state index in [0.717, 1.165) is 16.0 Å². The van der Waals surface area contributed by atoms with Gasteiger partial charge in [-0.1, -0.05) is 19.6 Å². The Kier molecular flexibility index (Phi) is 8.44. The van der Waals surface area contributed by atoms with Gasteiger partial charge in [-0.15, -0.1) is 0 Å². The Morgan fingerprint density at radius 1 is 1.24 bits per heavy atom. The monoisotopic (exact) mass is 659 g/mol. The molecule has 0 saturated carbocycles. The van der Waals surface area contributed by atoms with Crippen molar-refractivity contribution >= 4 is 59.5 Å². The molecule has 38 heavy (non-hydrogen) atoms. The summed E-state index contributed by atoms with van der Waals surface area (Å²) in [4.78, 5) is 36.6. The molecule has 0 spiro atoms. The number of hydrogen-bond donors (Lipinski definition) is 1. The molecule has 2 aliphatic heterocycles. The van der Waals surface area contributed by atoms with Crippen molar-refractivity contribution in [3.63, 3.8) is 0 Å². The average Bonchev–Trinajstić information content (AvgIpc) is 3.28. The molecule has 4 heterocycles. The normalized spacial score (nSPS) is 23.7. The van der Waals surface area contributed by atoms with Crippen LogP contribution in [-0.4, -0.2) is 71.0 Å². The highest BCUT2D eigenvalue weighted by Gasteiger charge is 2.50. The van der Waals surface area contributed by atoms with Crippen LogP contribution in [-0.2, 0) is 16.2 Å². The minimum atomic E-state index is -1.34. The first kappa shape index (κ1) is 29.2. The molecule has 2 bridgehead atoms. The lowest BCUT2D eigenvalue weighted by atomic mass is 9.95. The third-order valence-electron chi connectivity index (χ3n) is 6.96. The molecule has 0 aromatic carbocycles. The lowest BCUT2D eigenvalue weighted by molar-refractivity contribution is 0.0447. The number of ether oxygens (including phenoxy) is 2. The highest BCUT2D eigenvalue weighted by molar-refractivity contribution is 14.1. The summed E-state index contributed by atoms with van der Waals surface area (Å²) in [6.07, 6.45) is 1.71. The van der Waals surface area contributed by atoms with Gasteiger partial charge in [0.05, 0.1) is 15.7 Å². The zero-order chi connectivity index (χ0) is 28.0. The van der Waals surface area contributed by atoms with E-state index >= 15 is 4.39 Å². The molecule has 12 heteroatoms. The lowest BCUT2D eigenvalue weighted by Gasteiger charge is -2.42. The number of alkyl carbamates (subject to hydrolysis) is 1. The maximum atomic E-state index is 15.8. The summed E-state index contributed by atoms with van der Waals surface area (Å²) < 4.78 is 29.9. The maximum absolute atomic E-state index is 15.8. The zero-order valence-corrected chi connectivity index (χ0v) is 26.5. The van der Waals surface area contributed by atoms with Crippen molar-refractivity contribution in [1.82, 2.24) is 19.9 Å². The number of anilines is 1. The number of amides is 1. The summed E-state index contributed by atoms with van der Waals surface area (Å²) >= 11 is 2.20. The molecule has 0 aliphatic carbocycles. The molecule has 2 saturated heterocycles.